The lowest BCUT2D eigenvalue weighted by molar-refractivity contribution is -0.119. The molecule has 1 aromatic carbocycles. The molecule has 0 bridgehead atoms. The fraction of sp³-hybridized carbons (Fsp3) is 0.500. The summed E-state index contributed by atoms with van der Waals surface area (Å²) in [5.74, 6) is 0.0165. The molecule has 0 aliphatic rings. The summed E-state index contributed by atoms with van der Waals surface area (Å²) in [6.45, 7) is 5.13. The highest BCUT2D eigenvalue weighted by atomic mass is 35.5. The van der Waals surface area contributed by atoms with E-state index in [0.29, 0.717) is 5.02 Å². The van der Waals surface area contributed by atoms with E-state index in [4.69, 9.17) is 11.6 Å². The first kappa shape index (κ1) is 14.8. The van der Waals surface area contributed by atoms with E-state index >= 15 is 0 Å². The smallest absolute Gasteiger partial charge is 0.239 e. The average molecular weight is 269 g/mol. The summed E-state index contributed by atoms with van der Waals surface area (Å²) in [4.78, 5) is 11.5. The standard InChI is InChI=1S/C14H21ClN2O/c1-3-4-5-8-16-14(18)10-17-12-7-6-11(2)13(15)9-12/h6-7,9,17H,3-5,8,10H2,1-2H3,(H,16,18). The molecule has 0 atom stereocenters. The lowest BCUT2D eigenvalue weighted by Gasteiger charge is -2.08. The Morgan fingerprint density at radius 3 is 2.78 bits per heavy atom. The summed E-state index contributed by atoms with van der Waals surface area (Å²) in [7, 11) is 0. The minimum Gasteiger partial charge on any atom is -0.376 e. The number of unbranched alkanes of at least 4 members (excludes halogenated alkanes) is 2. The highest BCUT2D eigenvalue weighted by Crippen LogP contribution is 2.19. The van der Waals surface area contributed by atoms with Crippen molar-refractivity contribution < 1.29 is 4.79 Å². The van der Waals surface area contributed by atoms with Crippen LogP contribution in [0.25, 0.3) is 0 Å². The lowest BCUT2D eigenvalue weighted by Crippen LogP contribution is -2.30. The van der Waals surface area contributed by atoms with Crippen molar-refractivity contribution in [3.63, 3.8) is 0 Å². The summed E-state index contributed by atoms with van der Waals surface area (Å²) in [5, 5.41) is 6.65. The zero-order chi connectivity index (χ0) is 13.4. The van der Waals surface area contributed by atoms with Crippen molar-refractivity contribution in [3.05, 3.63) is 28.8 Å². The molecule has 0 aliphatic carbocycles. The number of hydrogen-bond donors (Lipinski definition) is 2. The molecule has 0 unspecified atom stereocenters. The number of carbonyl (C=O) groups is 1. The maximum atomic E-state index is 11.5. The van der Waals surface area contributed by atoms with Gasteiger partial charge < -0.3 is 10.6 Å². The largest absolute Gasteiger partial charge is 0.376 e. The van der Waals surface area contributed by atoms with Gasteiger partial charge >= 0.3 is 0 Å². The second kappa shape index (κ2) is 7.98. The second-order valence-corrected chi connectivity index (χ2v) is 4.78. The third-order valence-electron chi connectivity index (χ3n) is 2.73. The van der Waals surface area contributed by atoms with Crippen molar-refractivity contribution in [1.82, 2.24) is 5.32 Å². The maximum Gasteiger partial charge on any atom is 0.239 e. The van der Waals surface area contributed by atoms with Crippen LogP contribution in [0, 0.1) is 6.92 Å². The van der Waals surface area contributed by atoms with Gasteiger partial charge in [0.05, 0.1) is 6.54 Å². The number of nitrogens with one attached hydrogen (secondary N) is 2. The molecule has 0 saturated carbocycles. The Morgan fingerprint density at radius 2 is 2.11 bits per heavy atom. The quantitative estimate of drug-likeness (QED) is 0.745. The monoisotopic (exact) mass is 268 g/mol. The molecular weight excluding hydrogens is 248 g/mol. The zero-order valence-corrected chi connectivity index (χ0v) is 11.8. The van der Waals surface area contributed by atoms with E-state index in [1.165, 1.54) is 0 Å². The SMILES string of the molecule is CCCCCNC(=O)CNc1ccc(C)c(Cl)c1. The Kier molecular flexibility index (Phi) is 6.58. The Morgan fingerprint density at radius 1 is 1.33 bits per heavy atom. The van der Waals surface area contributed by atoms with Gasteiger partial charge in [-0.2, -0.15) is 0 Å². The van der Waals surface area contributed by atoms with Gasteiger partial charge in [0.2, 0.25) is 5.91 Å². The molecule has 18 heavy (non-hydrogen) atoms. The molecule has 0 radical (unpaired) electrons. The first-order valence-corrected chi connectivity index (χ1v) is 6.78. The van der Waals surface area contributed by atoms with E-state index in [9.17, 15) is 4.79 Å². The van der Waals surface area contributed by atoms with Gasteiger partial charge in [-0.05, 0) is 31.0 Å². The van der Waals surface area contributed by atoms with E-state index in [0.717, 1.165) is 37.1 Å². The zero-order valence-electron chi connectivity index (χ0n) is 11.1. The van der Waals surface area contributed by atoms with Crippen LogP contribution in [-0.2, 0) is 4.79 Å². The van der Waals surface area contributed by atoms with E-state index in [-0.39, 0.29) is 12.5 Å². The molecule has 0 spiro atoms. The normalized spacial score (nSPS) is 10.2. The predicted octanol–water partition coefficient (Wildman–Crippen LogP) is 3.37. The molecule has 1 rings (SSSR count). The molecule has 100 valence electrons. The molecule has 2 N–H and O–H groups in total. The van der Waals surface area contributed by atoms with E-state index in [2.05, 4.69) is 17.6 Å². The topological polar surface area (TPSA) is 41.1 Å². The van der Waals surface area contributed by atoms with Crippen molar-refractivity contribution in [2.75, 3.05) is 18.4 Å². The Hall–Kier alpha value is -1.22. The number of benzene rings is 1. The van der Waals surface area contributed by atoms with Crippen molar-refractivity contribution in [2.45, 2.75) is 33.1 Å². The molecule has 1 aromatic rings. The summed E-state index contributed by atoms with van der Waals surface area (Å²) >= 11 is 6.01. The minimum absolute atomic E-state index is 0.0165. The summed E-state index contributed by atoms with van der Waals surface area (Å²) in [5.41, 5.74) is 1.90. The average Bonchev–Trinajstić information content (AvgIpc) is 2.36. The van der Waals surface area contributed by atoms with Gasteiger partial charge in [-0.1, -0.05) is 37.4 Å². The van der Waals surface area contributed by atoms with Gasteiger partial charge in [0.1, 0.15) is 0 Å². The molecular formula is C14H21ClN2O. The first-order valence-electron chi connectivity index (χ1n) is 6.40. The van der Waals surface area contributed by atoms with E-state index in [1.54, 1.807) is 0 Å². The molecule has 0 fully saturated rings. The van der Waals surface area contributed by atoms with E-state index < -0.39 is 0 Å². The van der Waals surface area contributed by atoms with Crippen LogP contribution in [0.1, 0.15) is 31.7 Å². The Balaban J connectivity index is 2.27. The van der Waals surface area contributed by atoms with Crippen molar-refractivity contribution in [1.29, 1.82) is 0 Å². The van der Waals surface area contributed by atoms with Crippen LogP contribution in [0.4, 0.5) is 5.69 Å². The third-order valence-corrected chi connectivity index (χ3v) is 3.13. The number of amides is 1. The summed E-state index contributed by atoms with van der Waals surface area (Å²) < 4.78 is 0. The molecule has 4 heteroatoms. The Bertz CT molecular complexity index is 393. The molecule has 3 nitrogen and oxygen atoms in total. The van der Waals surface area contributed by atoms with Crippen molar-refractivity contribution >= 4 is 23.2 Å². The molecule has 0 aliphatic heterocycles. The summed E-state index contributed by atoms with van der Waals surface area (Å²) in [6, 6.07) is 5.69. The van der Waals surface area contributed by atoms with Gasteiger partial charge in [0.15, 0.2) is 0 Å². The third kappa shape index (κ3) is 5.41. The van der Waals surface area contributed by atoms with Crippen LogP contribution in [0.15, 0.2) is 18.2 Å². The van der Waals surface area contributed by atoms with Crippen LogP contribution in [0.2, 0.25) is 5.02 Å². The van der Waals surface area contributed by atoms with E-state index in [1.807, 2.05) is 25.1 Å². The molecule has 0 aromatic heterocycles. The predicted molar refractivity (Wildman–Crippen MR) is 77.2 cm³/mol. The van der Waals surface area contributed by atoms with Gasteiger partial charge in [-0.3, -0.25) is 4.79 Å². The van der Waals surface area contributed by atoms with Gasteiger partial charge in [-0.15, -0.1) is 0 Å². The number of hydrogen-bond acceptors (Lipinski definition) is 2. The maximum absolute atomic E-state index is 11.5. The van der Waals surface area contributed by atoms with Crippen molar-refractivity contribution in [2.24, 2.45) is 0 Å². The van der Waals surface area contributed by atoms with Gasteiger partial charge in [0, 0.05) is 17.3 Å². The van der Waals surface area contributed by atoms with Crippen LogP contribution in [0.5, 0.6) is 0 Å². The molecule has 0 heterocycles. The van der Waals surface area contributed by atoms with Crippen LogP contribution < -0.4 is 10.6 Å². The van der Waals surface area contributed by atoms with Gasteiger partial charge in [-0.25, -0.2) is 0 Å². The van der Waals surface area contributed by atoms with Crippen molar-refractivity contribution in [3.8, 4) is 0 Å². The molecule has 1 amide bonds. The second-order valence-electron chi connectivity index (χ2n) is 4.37. The first-order chi connectivity index (χ1) is 8.63. The minimum atomic E-state index is 0.0165. The molecule has 0 saturated heterocycles. The highest BCUT2D eigenvalue weighted by molar-refractivity contribution is 6.31. The Labute approximate surface area is 114 Å². The highest BCUT2D eigenvalue weighted by Gasteiger charge is 2.01. The van der Waals surface area contributed by atoms with Crippen LogP contribution in [-0.4, -0.2) is 19.0 Å². The fourth-order valence-corrected chi connectivity index (χ4v) is 1.73. The number of carbonyl (C=O) groups excluding carboxylic acids is 1. The van der Waals surface area contributed by atoms with Crippen LogP contribution in [0.3, 0.4) is 0 Å². The number of aryl methyl sites for hydroxylation is 1. The number of rotatable bonds is 7. The van der Waals surface area contributed by atoms with Crippen LogP contribution >= 0.6 is 11.6 Å². The number of halogens is 1. The fourth-order valence-electron chi connectivity index (χ4n) is 1.55. The number of anilines is 1. The lowest BCUT2D eigenvalue weighted by atomic mass is 10.2. The van der Waals surface area contributed by atoms with Gasteiger partial charge in [0.25, 0.3) is 0 Å². The summed E-state index contributed by atoms with van der Waals surface area (Å²) in [6.07, 6.45) is 3.36.